The van der Waals surface area contributed by atoms with E-state index in [1.807, 2.05) is 27.0 Å². The highest BCUT2D eigenvalue weighted by atomic mass is 16.6. The van der Waals surface area contributed by atoms with Gasteiger partial charge < -0.3 is 10.1 Å². The predicted octanol–water partition coefficient (Wildman–Crippen LogP) is 2.85. The number of hydrogen-bond donors (Lipinski definition) is 1. The number of amides is 1. The van der Waals surface area contributed by atoms with Crippen molar-refractivity contribution in [2.24, 2.45) is 0 Å². The number of hydrogen-bond acceptors (Lipinski definition) is 3. The summed E-state index contributed by atoms with van der Waals surface area (Å²) in [5.41, 5.74) is 2.10. The molecule has 2 rings (SSSR count). The maximum absolute atomic E-state index is 11.8. The van der Waals surface area contributed by atoms with Gasteiger partial charge in [0.2, 0.25) is 0 Å². The first-order valence-electron chi connectivity index (χ1n) is 7.31. The Kier molecular flexibility index (Phi) is 4.06. The summed E-state index contributed by atoms with van der Waals surface area (Å²) >= 11 is 0. The van der Waals surface area contributed by atoms with Crippen molar-refractivity contribution in [1.82, 2.24) is 15.1 Å². The molecule has 5 heteroatoms. The molecule has 0 unspecified atom stereocenters. The van der Waals surface area contributed by atoms with Crippen molar-refractivity contribution in [2.75, 3.05) is 0 Å². The minimum absolute atomic E-state index is 0.141. The highest BCUT2D eigenvalue weighted by Gasteiger charge is 2.26. The Morgan fingerprint density at radius 3 is 2.80 bits per heavy atom. The lowest BCUT2D eigenvalue weighted by Crippen LogP contribution is -2.42. The summed E-state index contributed by atoms with van der Waals surface area (Å²) < 4.78 is 7.38. The fraction of sp³-hybridized carbons (Fsp3) is 0.733. The second kappa shape index (κ2) is 5.46. The van der Waals surface area contributed by atoms with Gasteiger partial charge in [0.25, 0.3) is 0 Å². The van der Waals surface area contributed by atoms with E-state index in [0.29, 0.717) is 6.04 Å². The first-order chi connectivity index (χ1) is 9.26. The van der Waals surface area contributed by atoms with E-state index in [0.717, 1.165) is 19.3 Å². The summed E-state index contributed by atoms with van der Waals surface area (Å²) in [7, 11) is 0. The number of nitrogens with zero attached hydrogens (tertiary/aromatic N) is 2. The Morgan fingerprint density at radius 1 is 1.50 bits per heavy atom. The Labute approximate surface area is 120 Å². The lowest BCUT2D eigenvalue weighted by molar-refractivity contribution is 0.0500. The summed E-state index contributed by atoms with van der Waals surface area (Å²) in [6.45, 7) is 9.89. The Morgan fingerprint density at radius 2 is 2.20 bits per heavy atom. The zero-order chi connectivity index (χ0) is 14.9. The van der Waals surface area contributed by atoms with Gasteiger partial charge in [-0.25, -0.2) is 4.79 Å². The van der Waals surface area contributed by atoms with Crippen LogP contribution in [0.4, 0.5) is 4.79 Å². The van der Waals surface area contributed by atoms with E-state index in [1.54, 1.807) is 0 Å². The maximum Gasteiger partial charge on any atom is 0.407 e. The minimum Gasteiger partial charge on any atom is -0.444 e. The molecule has 0 radical (unpaired) electrons. The molecule has 20 heavy (non-hydrogen) atoms. The first kappa shape index (κ1) is 14.9. The van der Waals surface area contributed by atoms with E-state index in [2.05, 4.69) is 28.9 Å². The van der Waals surface area contributed by atoms with E-state index in [4.69, 9.17) is 4.74 Å². The third-order valence-corrected chi connectivity index (χ3v) is 3.39. The van der Waals surface area contributed by atoms with Crippen LogP contribution in [-0.2, 0) is 17.6 Å². The number of fused-ring (bicyclic) bond motifs is 1. The lowest BCUT2D eigenvalue weighted by atomic mass is 9.93. The van der Waals surface area contributed by atoms with Crippen molar-refractivity contribution < 1.29 is 9.53 Å². The van der Waals surface area contributed by atoms with Crippen LogP contribution in [0.3, 0.4) is 0 Å². The number of aromatic nitrogens is 2. The van der Waals surface area contributed by atoms with Crippen LogP contribution >= 0.6 is 0 Å². The standard InChI is InChI=1S/C15H25N3O2/c1-10(2)18-13-7-6-12(8-11(13)9-16-18)17-14(19)20-15(3,4)5/h9-10,12H,6-8H2,1-5H3,(H,17,19)/t12-/m1/s1. The second-order valence-electron chi connectivity index (χ2n) is 6.74. The van der Waals surface area contributed by atoms with Crippen LogP contribution in [0.15, 0.2) is 6.20 Å². The predicted molar refractivity (Wildman–Crippen MR) is 77.8 cm³/mol. The molecule has 0 fully saturated rings. The molecule has 0 bridgehead atoms. The molecule has 1 aliphatic rings. The Balaban J connectivity index is 1.97. The molecule has 0 saturated heterocycles. The second-order valence-corrected chi connectivity index (χ2v) is 6.74. The van der Waals surface area contributed by atoms with Crippen LogP contribution in [0.2, 0.25) is 0 Å². The Hall–Kier alpha value is -1.52. The molecule has 1 atom stereocenters. The van der Waals surface area contributed by atoms with E-state index >= 15 is 0 Å². The number of carbonyl (C=O) groups is 1. The quantitative estimate of drug-likeness (QED) is 0.905. The molecule has 0 spiro atoms. The van der Waals surface area contributed by atoms with Gasteiger partial charge in [-0.15, -0.1) is 0 Å². The maximum atomic E-state index is 11.8. The summed E-state index contributed by atoms with van der Waals surface area (Å²) in [5, 5.41) is 7.40. The van der Waals surface area contributed by atoms with Crippen molar-refractivity contribution in [3.63, 3.8) is 0 Å². The van der Waals surface area contributed by atoms with Gasteiger partial charge in [-0.1, -0.05) is 0 Å². The Bertz CT molecular complexity index is 486. The molecule has 0 saturated carbocycles. The fourth-order valence-electron chi connectivity index (χ4n) is 2.59. The third-order valence-electron chi connectivity index (χ3n) is 3.39. The van der Waals surface area contributed by atoms with Crippen molar-refractivity contribution in [3.05, 3.63) is 17.5 Å². The monoisotopic (exact) mass is 279 g/mol. The number of nitrogens with one attached hydrogen (secondary N) is 1. The molecule has 1 aromatic rings. The fourth-order valence-corrected chi connectivity index (χ4v) is 2.59. The van der Waals surface area contributed by atoms with Crippen LogP contribution in [0.25, 0.3) is 0 Å². The van der Waals surface area contributed by atoms with E-state index < -0.39 is 5.60 Å². The topological polar surface area (TPSA) is 56.2 Å². The highest BCUT2D eigenvalue weighted by Crippen LogP contribution is 2.23. The smallest absolute Gasteiger partial charge is 0.407 e. The number of rotatable bonds is 2. The minimum atomic E-state index is -0.452. The van der Waals surface area contributed by atoms with Crippen molar-refractivity contribution in [3.8, 4) is 0 Å². The van der Waals surface area contributed by atoms with Crippen molar-refractivity contribution >= 4 is 6.09 Å². The van der Waals surface area contributed by atoms with Crippen LogP contribution in [-0.4, -0.2) is 27.5 Å². The van der Waals surface area contributed by atoms with Gasteiger partial charge >= 0.3 is 6.09 Å². The summed E-state index contributed by atoms with van der Waals surface area (Å²) in [5.74, 6) is 0. The zero-order valence-electron chi connectivity index (χ0n) is 13.1. The highest BCUT2D eigenvalue weighted by molar-refractivity contribution is 5.68. The molecule has 1 aromatic heterocycles. The summed E-state index contributed by atoms with van der Waals surface area (Å²) in [6.07, 6.45) is 4.32. The number of alkyl carbamates (subject to hydrolysis) is 1. The van der Waals surface area contributed by atoms with Crippen LogP contribution in [0.5, 0.6) is 0 Å². The third kappa shape index (κ3) is 3.52. The summed E-state index contributed by atoms with van der Waals surface area (Å²) in [6, 6.07) is 0.524. The molecule has 1 aliphatic carbocycles. The molecule has 1 N–H and O–H groups in total. The average molecular weight is 279 g/mol. The molecule has 0 aliphatic heterocycles. The largest absolute Gasteiger partial charge is 0.444 e. The van der Waals surface area contributed by atoms with Crippen molar-refractivity contribution in [1.29, 1.82) is 0 Å². The normalized spacial score (nSPS) is 18.8. The van der Waals surface area contributed by atoms with Gasteiger partial charge in [-0.3, -0.25) is 4.68 Å². The number of ether oxygens (including phenoxy) is 1. The molecule has 1 heterocycles. The van der Waals surface area contributed by atoms with E-state index in [9.17, 15) is 4.79 Å². The van der Waals surface area contributed by atoms with Gasteiger partial charge in [0.05, 0.1) is 6.20 Å². The molecular weight excluding hydrogens is 254 g/mol. The van der Waals surface area contributed by atoms with Gasteiger partial charge in [0, 0.05) is 17.8 Å². The van der Waals surface area contributed by atoms with E-state index in [1.165, 1.54) is 11.3 Å². The van der Waals surface area contributed by atoms with Gasteiger partial charge in [0.1, 0.15) is 5.60 Å². The van der Waals surface area contributed by atoms with E-state index in [-0.39, 0.29) is 12.1 Å². The van der Waals surface area contributed by atoms with Crippen LogP contribution < -0.4 is 5.32 Å². The van der Waals surface area contributed by atoms with Gasteiger partial charge in [-0.05, 0) is 59.4 Å². The molecule has 1 amide bonds. The first-order valence-corrected chi connectivity index (χ1v) is 7.31. The zero-order valence-corrected chi connectivity index (χ0v) is 13.1. The number of carbonyl (C=O) groups excluding carboxylic acids is 1. The molecule has 5 nitrogen and oxygen atoms in total. The molecule has 0 aromatic carbocycles. The summed E-state index contributed by atoms with van der Waals surface area (Å²) in [4.78, 5) is 11.8. The average Bonchev–Trinajstić information content (AvgIpc) is 2.68. The van der Waals surface area contributed by atoms with Gasteiger partial charge in [0.15, 0.2) is 0 Å². The van der Waals surface area contributed by atoms with Crippen molar-refractivity contribution in [2.45, 2.75) is 71.6 Å². The van der Waals surface area contributed by atoms with Crippen LogP contribution in [0, 0.1) is 0 Å². The SMILES string of the molecule is CC(C)n1ncc2c1CC[C@@H](NC(=O)OC(C)(C)C)C2. The van der Waals surface area contributed by atoms with Crippen LogP contribution in [0.1, 0.15) is 58.3 Å². The molecule has 112 valence electrons. The lowest BCUT2D eigenvalue weighted by Gasteiger charge is -2.26. The molecular formula is C15H25N3O2. The van der Waals surface area contributed by atoms with Gasteiger partial charge in [-0.2, -0.15) is 5.10 Å².